The molecule has 16 heavy (non-hydrogen) atoms. The van der Waals surface area contributed by atoms with Gasteiger partial charge in [0.25, 0.3) is 5.09 Å². The Balaban J connectivity index is 3.27. The highest BCUT2D eigenvalue weighted by Crippen LogP contribution is 1.96. The van der Waals surface area contributed by atoms with Gasteiger partial charge in [0.05, 0.1) is 6.61 Å². The Morgan fingerprint density at radius 1 is 1.50 bits per heavy atom. The molecule has 92 valence electrons. The predicted octanol–water partition coefficient (Wildman–Crippen LogP) is 1.45. The third-order valence-electron chi connectivity index (χ3n) is 1.85. The van der Waals surface area contributed by atoms with E-state index >= 15 is 0 Å². The minimum Gasteiger partial charge on any atom is -0.356 e. The molecule has 1 N–H and O–H groups in total. The van der Waals surface area contributed by atoms with Crippen LogP contribution >= 0.6 is 0 Å². The van der Waals surface area contributed by atoms with Gasteiger partial charge in [0.1, 0.15) is 0 Å². The van der Waals surface area contributed by atoms with Crippen molar-refractivity contribution in [3.63, 3.8) is 0 Å². The molecular formula is C10H18N2O4. The van der Waals surface area contributed by atoms with Gasteiger partial charge in [0, 0.05) is 13.0 Å². The highest BCUT2D eigenvalue weighted by Gasteiger charge is 1.99. The summed E-state index contributed by atoms with van der Waals surface area (Å²) in [6.07, 6.45) is 6.61. The molecule has 0 aromatic rings. The summed E-state index contributed by atoms with van der Waals surface area (Å²) in [7, 11) is 0. The lowest BCUT2D eigenvalue weighted by Crippen LogP contribution is -2.25. The Labute approximate surface area is 94.8 Å². The standard InChI is InChI=1S/C10H18N2O4/c1-2-3-4-5-7-10(13)11-8-6-9-16-12(14)15/h2-3H,4-9H2,1H3,(H,11,13)/b3-2-. The van der Waals surface area contributed by atoms with Crippen LogP contribution in [0, 0.1) is 10.1 Å². The van der Waals surface area contributed by atoms with Crippen molar-refractivity contribution < 1.29 is 14.7 Å². The van der Waals surface area contributed by atoms with Crippen molar-refractivity contribution in [1.82, 2.24) is 5.32 Å². The molecule has 0 radical (unpaired) electrons. The fourth-order valence-electron chi connectivity index (χ4n) is 1.07. The molecular weight excluding hydrogens is 212 g/mol. The fourth-order valence-corrected chi connectivity index (χ4v) is 1.07. The Morgan fingerprint density at radius 2 is 2.25 bits per heavy atom. The zero-order valence-corrected chi connectivity index (χ0v) is 9.48. The maximum Gasteiger partial charge on any atom is 0.294 e. The summed E-state index contributed by atoms with van der Waals surface area (Å²) in [5.74, 6) is -0.0226. The van der Waals surface area contributed by atoms with Crippen LogP contribution in [-0.4, -0.2) is 24.1 Å². The second-order valence-corrected chi connectivity index (χ2v) is 3.22. The van der Waals surface area contributed by atoms with E-state index in [4.69, 9.17) is 0 Å². The third kappa shape index (κ3) is 10.5. The Bertz CT molecular complexity index is 241. The second kappa shape index (κ2) is 9.95. The maximum absolute atomic E-state index is 11.2. The van der Waals surface area contributed by atoms with Gasteiger partial charge in [-0.1, -0.05) is 12.2 Å². The number of amides is 1. The van der Waals surface area contributed by atoms with Crippen LogP contribution in [0.2, 0.25) is 0 Å². The first kappa shape index (κ1) is 14.4. The van der Waals surface area contributed by atoms with Crippen molar-refractivity contribution in [3.8, 4) is 0 Å². The Morgan fingerprint density at radius 3 is 2.88 bits per heavy atom. The summed E-state index contributed by atoms with van der Waals surface area (Å²) in [4.78, 5) is 25.1. The zero-order valence-electron chi connectivity index (χ0n) is 9.48. The molecule has 1 amide bonds. The molecule has 0 aliphatic heterocycles. The Kier molecular flexibility index (Phi) is 8.96. The first-order valence-electron chi connectivity index (χ1n) is 5.32. The molecule has 6 heteroatoms. The fraction of sp³-hybridized carbons (Fsp3) is 0.700. The summed E-state index contributed by atoms with van der Waals surface area (Å²) < 4.78 is 0. The average molecular weight is 230 g/mol. The molecule has 0 aromatic carbocycles. The highest BCUT2D eigenvalue weighted by atomic mass is 16.9. The summed E-state index contributed by atoms with van der Waals surface area (Å²) in [5.41, 5.74) is 0. The van der Waals surface area contributed by atoms with Gasteiger partial charge in [-0.15, -0.1) is 10.1 Å². The summed E-state index contributed by atoms with van der Waals surface area (Å²) in [5, 5.41) is 11.6. The minimum atomic E-state index is -0.834. The lowest BCUT2D eigenvalue weighted by molar-refractivity contribution is -0.757. The molecule has 0 aliphatic rings. The van der Waals surface area contributed by atoms with Crippen LogP contribution in [-0.2, 0) is 9.63 Å². The molecule has 0 saturated heterocycles. The number of nitrogens with one attached hydrogen (secondary N) is 1. The van der Waals surface area contributed by atoms with Crippen molar-refractivity contribution in [2.75, 3.05) is 13.2 Å². The molecule has 0 atom stereocenters. The SMILES string of the molecule is C/C=C\CCCC(=O)NCCCO[N+](=O)[O-]. The third-order valence-corrected chi connectivity index (χ3v) is 1.85. The van der Waals surface area contributed by atoms with Crippen molar-refractivity contribution in [2.45, 2.75) is 32.6 Å². The normalized spacial score (nSPS) is 10.3. The first-order chi connectivity index (χ1) is 7.66. The maximum atomic E-state index is 11.2. The monoisotopic (exact) mass is 230 g/mol. The number of hydrogen-bond acceptors (Lipinski definition) is 4. The van der Waals surface area contributed by atoms with Gasteiger partial charge in [-0.3, -0.25) is 4.79 Å². The summed E-state index contributed by atoms with van der Waals surface area (Å²) >= 11 is 0. The largest absolute Gasteiger partial charge is 0.356 e. The van der Waals surface area contributed by atoms with Crippen LogP contribution < -0.4 is 5.32 Å². The van der Waals surface area contributed by atoms with E-state index in [9.17, 15) is 14.9 Å². The molecule has 0 rings (SSSR count). The van der Waals surface area contributed by atoms with E-state index in [-0.39, 0.29) is 12.5 Å². The topological polar surface area (TPSA) is 81.5 Å². The van der Waals surface area contributed by atoms with Gasteiger partial charge < -0.3 is 10.2 Å². The van der Waals surface area contributed by atoms with Crippen molar-refractivity contribution in [2.24, 2.45) is 0 Å². The van der Waals surface area contributed by atoms with E-state index in [1.165, 1.54) is 0 Å². The molecule has 0 aromatic heterocycles. The van der Waals surface area contributed by atoms with Gasteiger partial charge >= 0.3 is 0 Å². The van der Waals surface area contributed by atoms with E-state index < -0.39 is 5.09 Å². The first-order valence-corrected chi connectivity index (χ1v) is 5.32. The number of carbonyl (C=O) groups is 1. The number of nitrogens with zero attached hydrogens (tertiary/aromatic N) is 1. The molecule has 0 spiro atoms. The van der Waals surface area contributed by atoms with Crippen LogP contribution in [0.1, 0.15) is 32.6 Å². The lowest BCUT2D eigenvalue weighted by Gasteiger charge is -2.03. The molecule has 0 fully saturated rings. The van der Waals surface area contributed by atoms with Gasteiger partial charge in [0.15, 0.2) is 0 Å². The van der Waals surface area contributed by atoms with Gasteiger partial charge in [-0.05, 0) is 26.2 Å². The van der Waals surface area contributed by atoms with Gasteiger partial charge in [-0.25, -0.2) is 0 Å². The van der Waals surface area contributed by atoms with Gasteiger partial charge in [0.2, 0.25) is 5.91 Å². The molecule has 0 unspecified atom stereocenters. The summed E-state index contributed by atoms with van der Waals surface area (Å²) in [6, 6.07) is 0. The van der Waals surface area contributed by atoms with Crippen LogP contribution in [0.4, 0.5) is 0 Å². The molecule has 0 bridgehead atoms. The predicted molar refractivity (Wildman–Crippen MR) is 59.2 cm³/mol. The molecule has 6 nitrogen and oxygen atoms in total. The van der Waals surface area contributed by atoms with Crippen molar-refractivity contribution >= 4 is 5.91 Å². The van der Waals surface area contributed by atoms with Crippen LogP contribution in [0.5, 0.6) is 0 Å². The average Bonchev–Trinajstić information content (AvgIpc) is 2.23. The van der Waals surface area contributed by atoms with Crippen LogP contribution in [0.3, 0.4) is 0 Å². The van der Waals surface area contributed by atoms with E-state index in [1.54, 1.807) is 0 Å². The number of rotatable bonds is 9. The number of unbranched alkanes of at least 4 members (excludes halogenated alkanes) is 1. The van der Waals surface area contributed by atoms with Crippen LogP contribution in [0.15, 0.2) is 12.2 Å². The quantitative estimate of drug-likeness (QED) is 0.281. The Hall–Kier alpha value is -1.59. The van der Waals surface area contributed by atoms with Crippen LogP contribution in [0.25, 0.3) is 0 Å². The lowest BCUT2D eigenvalue weighted by atomic mass is 10.2. The molecule has 0 saturated carbocycles. The van der Waals surface area contributed by atoms with Crippen molar-refractivity contribution in [1.29, 1.82) is 0 Å². The smallest absolute Gasteiger partial charge is 0.294 e. The highest BCUT2D eigenvalue weighted by molar-refractivity contribution is 5.75. The number of hydrogen-bond donors (Lipinski definition) is 1. The van der Waals surface area contributed by atoms with E-state index in [0.29, 0.717) is 19.4 Å². The zero-order chi connectivity index (χ0) is 12.2. The number of allylic oxidation sites excluding steroid dienone is 2. The van der Waals surface area contributed by atoms with E-state index in [0.717, 1.165) is 12.8 Å². The van der Waals surface area contributed by atoms with Crippen molar-refractivity contribution in [3.05, 3.63) is 22.3 Å². The molecule has 0 aliphatic carbocycles. The minimum absolute atomic E-state index is 0.0197. The van der Waals surface area contributed by atoms with E-state index in [1.807, 2.05) is 19.1 Å². The van der Waals surface area contributed by atoms with Gasteiger partial charge in [-0.2, -0.15) is 0 Å². The number of carbonyl (C=O) groups excluding carboxylic acids is 1. The second-order valence-electron chi connectivity index (χ2n) is 3.22. The molecule has 0 heterocycles. The van der Waals surface area contributed by atoms with E-state index in [2.05, 4.69) is 10.2 Å². The summed E-state index contributed by atoms with van der Waals surface area (Å²) in [6.45, 7) is 2.37.